The summed E-state index contributed by atoms with van der Waals surface area (Å²) in [6.45, 7) is 1.77. The maximum Gasteiger partial charge on any atom is 0.255 e. The molecule has 0 heterocycles. The van der Waals surface area contributed by atoms with Gasteiger partial charge in [0.1, 0.15) is 5.82 Å². The molecule has 0 atom stereocenters. The van der Waals surface area contributed by atoms with Crippen molar-refractivity contribution >= 4 is 23.0 Å². The minimum Gasteiger partial charge on any atom is -0.397 e. The van der Waals surface area contributed by atoms with Crippen molar-refractivity contribution in [2.45, 2.75) is 6.92 Å². The summed E-state index contributed by atoms with van der Waals surface area (Å²) in [5.74, 6) is -0.704. The Bertz CT molecular complexity index is 663. The lowest BCUT2D eigenvalue weighted by Crippen LogP contribution is -2.15. The van der Waals surface area contributed by atoms with Crippen LogP contribution < -0.4 is 16.0 Å². The van der Waals surface area contributed by atoms with Crippen molar-refractivity contribution in [2.75, 3.05) is 30.0 Å². The Labute approximate surface area is 123 Å². The van der Waals surface area contributed by atoms with E-state index in [1.165, 1.54) is 12.1 Å². The fourth-order valence-corrected chi connectivity index (χ4v) is 2.11. The quantitative estimate of drug-likeness (QED) is 0.853. The summed E-state index contributed by atoms with van der Waals surface area (Å²) < 4.78 is 13.3. The van der Waals surface area contributed by atoms with Gasteiger partial charge in [0.2, 0.25) is 0 Å². The van der Waals surface area contributed by atoms with Gasteiger partial charge in [-0.15, -0.1) is 0 Å². The first-order chi connectivity index (χ1) is 9.86. The summed E-state index contributed by atoms with van der Waals surface area (Å²) in [7, 11) is 3.75. The van der Waals surface area contributed by atoms with E-state index in [2.05, 4.69) is 5.32 Å². The van der Waals surface area contributed by atoms with Crippen LogP contribution in [0.2, 0.25) is 0 Å². The van der Waals surface area contributed by atoms with E-state index in [0.717, 1.165) is 11.3 Å². The lowest BCUT2D eigenvalue weighted by Gasteiger charge is -2.16. The van der Waals surface area contributed by atoms with Gasteiger partial charge < -0.3 is 16.0 Å². The maximum absolute atomic E-state index is 13.3. The molecule has 0 fully saturated rings. The molecule has 0 bridgehead atoms. The predicted molar refractivity (Wildman–Crippen MR) is 84.3 cm³/mol. The lowest BCUT2D eigenvalue weighted by molar-refractivity contribution is 0.102. The molecule has 0 aliphatic rings. The molecule has 2 aromatic rings. The first-order valence-corrected chi connectivity index (χ1v) is 6.52. The van der Waals surface area contributed by atoms with E-state index in [-0.39, 0.29) is 11.7 Å². The lowest BCUT2D eigenvalue weighted by atomic mass is 10.1. The number of amides is 1. The van der Waals surface area contributed by atoms with Crippen LogP contribution in [0.5, 0.6) is 0 Å². The van der Waals surface area contributed by atoms with Gasteiger partial charge in [-0.05, 0) is 48.9 Å². The number of hydrogen-bond donors (Lipinski definition) is 2. The summed E-state index contributed by atoms with van der Waals surface area (Å²) in [4.78, 5) is 14.0. The van der Waals surface area contributed by atoms with Crippen LogP contribution in [0.15, 0.2) is 36.4 Å². The first kappa shape index (κ1) is 14.8. The van der Waals surface area contributed by atoms with Gasteiger partial charge in [0.25, 0.3) is 5.91 Å². The Morgan fingerprint density at radius 3 is 2.48 bits per heavy atom. The fraction of sp³-hybridized carbons (Fsp3) is 0.188. The number of halogens is 1. The van der Waals surface area contributed by atoms with E-state index >= 15 is 0 Å². The fourth-order valence-electron chi connectivity index (χ4n) is 2.11. The summed E-state index contributed by atoms with van der Waals surface area (Å²) in [5.41, 5.74) is 8.88. The third kappa shape index (κ3) is 3.51. The number of hydrogen-bond acceptors (Lipinski definition) is 3. The highest BCUT2D eigenvalue weighted by Crippen LogP contribution is 2.23. The van der Waals surface area contributed by atoms with Gasteiger partial charge >= 0.3 is 0 Å². The number of anilines is 3. The second-order valence-electron chi connectivity index (χ2n) is 5.14. The van der Waals surface area contributed by atoms with Gasteiger partial charge in [0.15, 0.2) is 0 Å². The molecule has 2 aromatic carbocycles. The number of nitrogens with zero attached hydrogens (tertiary/aromatic N) is 1. The van der Waals surface area contributed by atoms with E-state index < -0.39 is 0 Å². The van der Waals surface area contributed by atoms with Crippen LogP contribution in [-0.4, -0.2) is 20.0 Å². The Kier molecular flexibility index (Phi) is 4.12. The van der Waals surface area contributed by atoms with Crippen LogP contribution in [0, 0.1) is 12.7 Å². The van der Waals surface area contributed by atoms with Gasteiger partial charge in [-0.3, -0.25) is 4.79 Å². The average Bonchev–Trinajstić information content (AvgIpc) is 2.36. The third-order valence-corrected chi connectivity index (χ3v) is 3.07. The van der Waals surface area contributed by atoms with Crippen molar-refractivity contribution in [3.8, 4) is 0 Å². The average molecular weight is 287 g/mol. The molecule has 4 nitrogen and oxygen atoms in total. The molecule has 0 saturated heterocycles. The number of rotatable bonds is 3. The van der Waals surface area contributed by atoms with Crippen molar-refractivity contribution < 1.29 is 9.18 Å². The molecule has 0 aromatic heterocycles. The summed E-state index contributed by atoms with van der Waals surface area (Å²) in [5, 5.41) is 2.67. The number of nitrogen functional groups attached to an aromatic ring is 1. The SMILES string of the molecule is Cc1cc(F)cc(NC(=O)c2ccc(N(C)C)c(N)c2)c1. The highest BCUT2D eigenvalue weighted by molar-refractivity contribution is 6.05. The Morgan fingerprint density at radius 1 is 1.19 bits per heavy atom. The molecule has 0 radical (unpaired) electrons. The molecule has 2 rings (SSSR count). The van der Waals surface area contributed by atoms with Crippen molar-refractivity contribution in [3.63, 3.8) is 0 Å². The summed E-state index contributed by atoms with van der Waals surface area (Å²) >= 11 is 0. The normalized spacial score (nSPS) is 10.3. The maximum atomic E-state index is 13.3. The number of nitrogens with two attached hydrogens (primary N) is 1. The van der Waals surface area contributed by atoms with E-state index in [9.17, 15) is 9.18 Å². The molecule has 21 heavy (non-hydrogen) atoms. The minimum atomic E-state index is -0.382. The molecule has 0 aliphatic heterocycles. The smallest absolute Gasteiger partial charge is 0.255 e. The summed E-state index contributed by atoms with van der Waals surface area (Å²) in [6.07, 6.45) is 0. The van der Waals surface area contributed by atoms with Gasteiger partial charge in [-0.2, -0.15) is 0 Å². The number of aryl methyl sites for hydroxylation is 1. The van der Waals surface area contributed by atoms with Crippen LogP contribution in [-0.2, 0) is 0 Å². The molecule has 1 amide bonds. The van der Waals surface area contributed by atoms with Gasteiger partial charge in [-0.25, -0.2) is 4.39 Å². The van der Waals surface area contributed by atoms with Crippen molar-refractivity contribution in [1.82, 2.24) is 0 Å². The zero-order valence-corrected chi connectivity index (χ0v) is 12.3. The third-order valence-electron chi connectivity index (χ3n) is 3.07. The number of nitrogens with one attached hydrogen (secondary N) is 1. The Balaban J connectivity index is 2.22. The van der Waals surface area contributed by atoms with E-state index in [1.807, 2.05) is 19.0 Å². The molecule has 5 heteroatoms. The molecule has 0 aliphatic carbocycles. The Hall–Kier alpha value is -2.56. The molecule has 0 unspecified atom stereocenters. The molecule has 3 N–H and O–H groups in total. The van der Waals surface area contributed by atoms with Crippen LogP contribution >= 0.6 is 0 Å². The van der Waals surface area contributed by atoms with Crippen LogP contribution in [0.25, 0.3) is 0 Å². The predicted octanol–water partition coefficient (Wildman–Crippen LogP) is 3.03. The van der Waals surface area contributed by atoms with E-state index in [4.69, 9.17) is 5.73 Å². The number of carbonyl (C=O) groups excluding carboxylic acids is 1. The molecular weight excluding hydrogens is 269 g/mol. The molecule has 0 spiro atoms. The zero-order chi connectivity index (χ0) is 15.6. The molecule has 110 valence electrons. The topological polar surface area (TPSA) is 58.4 Å². The highest BCUT2D eigenvalue weighted by Gasteiger charge is 2.10. The molecule has 0 saturated carbocycles. The van der Waals surface area contributed by atoms with Crippen molar-refractivity contribution in [3.05, 3.63) is 53.3 Å². The second kappa shape index (κ2) is 5.83. The standard InChI is InChI=1S/C16H18FN3O/c1-10-6-12(17)9-13(7-10)19-16(21)11-4-5-15(20(2)3)14(18)8-11/h4-9H,18H2,1-3H3,(H,19,21). The van der Waals surface area contributed by atoms with Crippen molar-refractivity contribution in [2.24, 2.45) is 0 Å². The summed E-state index contributed by atoms with van der Waals surface area (Å²) in [6, 6.07) is 9.46. The van der Waals surface area contributed by atoms with Crippen LogP contribution in [0.3, 0.4) is 0 Å². The van der Waals surface area contributed by atoms with Gasteiger partial charge in [0, 0.05) is 25.3 Å². The largest absolute Gasteiger partial charge is 0.397 e. The van der Waals surface area contributed by atoms with Crippen LogP contribution in [0.4, 0.5) is 21.5 Å². The highest BCUT2D eigenvalue weighted by atomic mass is 19.1. The second-order valence-corrected chi connectivity index (χ2v) is 5.14. The monoisotopic (exact) mass is 287 g/mol. The van der Waals surface area contributed by atoms with Crippen LogP contribution in [0.1, 0.15) is 15.9 Å². The minimum absolute atomic E-state index is 0.322. The van der Waals surface area contributed by atoms with Crippen molar-refractivity contribution in [1.29, 1.82) is 0 Å². The van der Waals surface area contributed by atoms with E-state index in [0.29, 0.717) is 16.9 Å². The first-order valence-electron chi connectivity index (χ1n) is 6.52. The Morgan fingerprint density at radius 2 is 1.90 bits per heavy atom. The zero-order valence-electron chi connectivity index (χ0n) is 12.3. The molecular formula is C16H18FN3O. The number of benzene rings is 2. The van der Waals surface area contributed by atoms with E-state index in [1.54, 1.807) is 31.2 Å². The number of carbonyl (C=O) groups is 1. The van der Waals surface area contributed by atoms with Gasteiger partial charge in [0.05, 0.1) is 11.4 Å². The van der Waals surface area contributed by atoms with Gasteiger partial charge in [-0.1, -0.05) is 0 Å².